The van der Waals surface area contributed by atoms with E-state index in [1.807, 2.05) is 11.8 Å². The Balaban J connectivity index is 1.61. The van der Waals surface area contributed by atoms with Crippen molar-refractivity contribution in [2.24, 2.45) is 0 Å². The minimum atomic E-state index is -4.54. The van der Waals surface area contributed by atoms with Gasteiger partial charge in [0.25, 0.3) is 5.91 Å². The number of carbonyl (C=O) groups is 1. The Morgan fingerprint density at radius 2 is 1.82 bits per heavy atom. The molecule has 0 atom stereocenters. The summed E-state index contributed by atoms with van der Waals surface area (Å²) in [6.07, 6.45) is -4.54. The number of hydrogen-bond acceptors (Lipinski definition) is 4. The van der Waals surface area contributed by atoms with Crippen LogP contribution in [-0.2, 0) is 10.9 Å². The second kappa shape index (κ2) is 9.19. The predicted octanol–water partition coefficient (Wildman–Crippen LogP) is 5.30. The van der Waals surface area contributed by atoms with Crippen molar-refractivity contribution in [3.63, 3.8) is 0 Å². The van der Waals surface area contributed by atoms with Crippen LogP contribution in [0, 0.1) is 12.9 Å². The SMILES string of the molecule is Cc1ccc(NC(=O)c2cccc(C(F)(F)F)c2)cc1-c1cc(F)nc(N2CCOCC2)c1. The minimum Gasteiger partial charge on any atom is -0.378 e. The van der Waals surface area contributed by atoms with Gasteiger partial charge in [-0.2, -0.15) is 17.6 Å². The van der Waals surface area contributed by atoms with E-state index in [0.29, 0.717) is 48.9 Å². The van der Waals surface area contributed by atoms with Gasteiger partial charge < -0.3 is 15.0 Å². The molecule has 1 amide bonds. The molecule has 3 aromatic rings. The number of halogens is 4. The molecular formula is C24H21F4N3O2. The van der Waals surface area contributed by atoms with Crippen LogP contribution in [0.25, 0.3) is 11.1 Å². The van der Waals surface area contributed by atoms with Gasteiger partial charge in [0.05, 0.1) is 18.8 Å². The second-order valence-electron chi connectivity index (χ2n) is 7.70. The number of nitrogens with zero attached hydrogens (tertiary/aromatic N) is 2. The number of alkyl halides is 3. The third-order valence-corrected chi connectivity index (χ3v) is 5.37. The van der Waals surface area contributed by atoms with E-state index in [9.17, 15) is 22.4 Å². The zero-order chi connectivity index (χ0) is 23.6. The number of hydrogen-bond donors (Lipinski definition) is 1. The number of rotatable bonds is 4. The van der Waals surface area contributed by atoms with Crippen molar-refractivity contribution in [3.05, 3.63) is 77.2 Å². The molecule has 9 heteroatoms. The number of benzene rings is 2. The van der Waals surface area contributed by atoms with E-state index in [0.717, 1.165) is 17.7 Å². The van der Waals surface area contributed by atoms with Crippen molar-refractivity contribution in [3.8, 4) is 11.1 Å². The van der Waals surface area contributed by atoms with Gasteiger partial charge in [-0.25, -0.2) is 4.98 Å². The van der Waals surface area contributed by atoms with Crippen molar-refractivity contribution >= 4 is 17.4 Å². The molecule has 0 aliphatic carbocycles. The van der Waals surface area contributed by atoms with Gasteiger partial charge in [0.2, 0.25) is 5.95 Å². The van der Waals surface area contributed by atoms with Gasteiger partial charge in [-0.1, -0.05) is 12.1 Å². The lowest BCUT2D eigenvalue weighted by Gasteiger charge is -2.28. The average molecular weight is 459 g/mol. The first-order valence-electron chi connectivity index (χ1n) is 10.3. The smallest absolute Gasteiger partial charge is 0.378 e. The Bertz CT molecular complexity index is 1170. The monoisotopic (exact) mass is 459 g/mol. The normalized spacial score (nSPS) is 14.3. The molecule has 1 saturated heterocycles. The van der Waals surface area contributed by atoms with Crippen LogP contribution in [0.2, 0.25) is 0 Å². The van der Waals surface area contributed by atoms with E-state index in [1.54, 1.807) is 24.3 Å². The summed E-state index contributed by atoms with van der Waals surface area (Å²) in [6.45, 7) is 4.11. The molecule has 1 fully saturated rings. The molecule has 0 spiro atoms. The van der Waals surface area contributed by atoms with Gasteiger partial charge >= 0.3 is 6.18 Å². The van der Waals surface area contributed by atoms with E-state index >= 15 is 0 Å². The predicted molar refractivity (Wildman–Crippen MR) is 117 cm³/mol. The molecule has 1 N–H and O–H groups in total. The summed E-state index contributed by atoms with van der Waals surface area (Å²) in [6, 6.07) is 12.4. The fourth-order valence-electron chi connectivity index (χ4n) is 3.64. The number of aromatic nitrogens is 1. The van der Waals surface area contributed by atoms with Crippen LogP contribution in [0.1, 0.15) is 21.5 Å². The molecule has 0 saturated carbocycles. The van der Waals surface area contributed by atoms with E-state index in [-0.39, 0.29) is 5.56 Å². The highest BCUT2D eigenvalue weighted by atomic mass is 19.4. The Morgan fingerprint density at radius 3 is 2.55 bits per heavy atom. The third kappa shape index (κ3) is 5.31. The third-order valence-electron chi connectivity index (χ3n) is 5.37. The van der Waals surface area contributed by atoms with Crippen LogP contribution in [0.4, 0.5) is 29.1 Å². The molecule has 172 valence electrons. The van der Waals surface area contributed by atoms with Crippen LogP contribution in [-0.4, -0.2) is 37.2 Å². The second-order valence-corrected chi connectivity index (χ2v) is 7.70. The Labute approximate surface area is 188 Å². The first-order chi connectivity index (χ1) is 15.7. The number of ether oxygens (including phenoxy) is 1. The van der Waals surface area contributed by atoms with Crippen LogP contribution in [0.15, 0.2) is 54.6 Å². The number of anilines is 2. The van der Waals surface area contributed by atoms with Crippen LogP contribution in [0.3, 0.4) is 0 Å². The van der Waals surface area contributed by atoms with Crippen LogP contribution < -0.4 is 10.2 Å². The molecule has 0 bridgehead atoms. The number of aryl methyl sites for hydroxylation is 1. The first-order valence-corrected chi connectivity index (χ1v) is 10.3. The van der Waals surface area contributed by atoms with Crippen LogP contribution in [0.5, 0.6) is 0 Å². The summed E-state index contributed by atoms with van der Waals surface area (Å²) in [7, 11) is 0. The molecule has 0 unspecified atom stereocenters. The van der Waals surface area contributed by atoms with Crippen molar-refractivity contribution in [1.82, 2.24) is 4.98 Å². The summed E-state index contributed by atoms with van der Waals surface area (Å²) >= 11 is 0. The molecule has 1 aromatic heterocycles. The standard InChI is InChI=1S/C24H21F4N3O2/c1-15-5-6-19(29-23(32)16-3-2-4-18(11-16)24(26,27)28)14-20(15)17-12-21(25)30-22(13-17)31-7-9-33-10-8-31/h2-6,11-14H,7-10H2,1H3,(H,29,32). The van der Waals surface area contributed by atoms with E-state index in [1.165, 1.54) is 18.2 Å². The lowest BCUT2D eigenvalue weighted by atomic mass is 10.00. The Morgan fingerprint density at radius 1 is 1.06 bits per heavy atom. The van der Waals surface area contributed by atoms with Crippen molar-refractivity contribution < 1.29 is 27.1 Å². The van der Waals surface area contributed by atoms with E-state index in [2.05, 4.69) is 10.3 Å². The maximum Gasteiger partial charge on any atom is 0.416 e. The number of carbonyl (C=O) groups excluding carboxylic acids is 1. The summed E-state index contributed by atoms with van der Waals surface area (Å²) in [4.78, 5) is 18.5. The van der Waals surface area contributed by atoms with E-state index in [4.69, 9.17) is 4.74 Å². The fraction of sp³-hybridized carbons (Fsp3) is 0.250. The van der Waals surface area contributed by atoms with Gasteiger partial charge in [0.1, 0.15) is 5.82 Å². The first kappa shape index (κ1) is 22.7. The van der Waals surface area contributed by atoms with Crippen molar-refractivity contribution in [2.45, 2.75) is 13.1 Å². The van der Waals surface area contributed by atoms with Crippen LogP contribution >= 0.6 is 0 Å². The summed E-state index contributed by atoms with van der Waals surface area (Å²) in [5.41, 5.74) is 1.46. The van der Waals surface area contributed by atoms with Crippen molar-refractivity contribution in [1.29, 1.82) is 0 Å². The molecule has 33 heavy (non-hydrogen) atoms. The average Bonchev–Trinajstić information content (AvgIpc) is 2.80. The van der Waals surface area contributed by atoms with Crippen molar-refractivity contribution in [2.75, 3.05) is 36.5 Å². The molecule has 4 rings (SSSR count). The molecular weight excluding hydrogens is 438 g/mol. The maximum atomic E-state index is 14.3. The minimum absolute atomic E-state index is 0.114. The molecule has 1 aliphatic rings. The quantitative estimate of drug-likeness (QED) is 0.425. The molecule has 5 nitrogen and oxygen atoms in total. The number of nitrogens with one attached hydrogen (secondary N) is 1. The van der Waals surface area contributed by atoms with Gasteiger partial charge in [-0.3, -0.25) is 4.79 Å². The Kier molecular flexibility index (Phi) is 6.33. The Hall–Kier alpha value is -3.46. The highest BCUT2D eigenvalue weighted by molar-refractivity contribution is 6.04. The highest BCUT2D eigenvalue weighted by Gasteiger charge is 2.31. The summed E-state index contributed by atoms with van der Waals surface area (Å²) in [5, 5.41) is 2.62. The van der Waals surface area contributed by atoms with Gasteiger partial charge in [-0.15, -0.1) is 0 Å². The molecule has 2 aromatic carbocycles. The number of amides is 1. The summed E-state index contributed by atoms with van der Waals surface area (Å²) < 4.78 is 58.6. The number of pyridine rings is 1. The lowest BCUT2D eigenvalue weighted by Crippen LogP contribution is -2.36. The lowest BCUT2D eigenvalue weighted by molar-refractivity contribution is -0.137. The molecule has 0 radical (unpaired) electrons. The zero-order valence-corrected chi connectivity index (χ0v) is 17.7. The zero-order valence-electron chi connectivity index (χ0n) is 17.7. The fourth-order valence-corrected chi connectivity index (χ4v) is 3.64. The topological polar surface area (TPSA) is 54.5 Å². The van der Waals surface area contributed by atoms with Gasteiger partial charge in [0.15, 0.2) is 0 Å². The maximum absolute atomic E-state index is 14.3. The number of morpholine rings is 1. The van der Waals surface area contributed by atoms with E-state index < -0.39 is 23.6 Å². The largest absolute Gasteiger partial charge is 0.416 e. The van der Waals surface area contributed by atoms with Gasteiger partial charge in [0, 0.05) is 30.4 Å². The molecule has 1 aliphatic heterocycles. The highest BCUT2D eigenvalue weighted by Crippen LogP contribution is 2.31. The molecule has 2 heterocycles. The summed E-state index contributed by atoms with van der Waals surface area (Å²) in [5.74, 6) is -0.816. The van der Waals surface area contributed by atoms with Gasteiger partial charge in [-0.05, 0) is 60.0 Å².